The molecule has 4 aromatic rings. The van der Waals surface area contributed by atoms with Crippen LogP contribution < -0.4 is 10.1 Å². The Balaban J connectivity index is 1.66. The SMILES string of the molecule is COc1ccc2c(c1)C(c1ccc(Cl)cc1)=N[C@@H](NC(=O)c1ccc(CO)c(O)c1)c1nnc(C)n1-2. The average molecular weight is 504 g/mol. The van der Waals surface area contributed by atoms with E-state index >= 15 is 0 Å². The Morgan fingerprint density at radius 1 is 1.11 bits per heavy atom. The second-order valence-corrected chi connectivity index (χ2v) is 8.62. The smallest absolute Gasteiger partial charge is 0.253 e. The van der Waals surface area contributed by atoms with Gasteiger partial charge in [0.25, 0.3) is 5.91 Å². The van der Waals surface area contributed by atoms with Crippen molar-refractivity contribution in [2.75, 3.05) is 7.11 Å². The molecule has 1 aromatic heterocycles. The highest BCUT2D eigenvalue weighted by atomic mass is 35.5. The minimum atomic E-state index is -0.901. The summed E-state index contributed by atoms with van der Waals surface area (Å²) in [7, 11) is 1.59. The molecule has 3 aromatic carbocycles. The van der Waals surface area contributed by atoms with Gasteiger partial charge in [-0.25, -0.2) is 0 Å². The van der Waals surface area contributed by atoms with Crippen LogP contribution in [0, 0.1) is 6.92 Å². The number of aliphatic hydroxyl groups excluding tert-OH is 1. The molecule has 0 fully saturated rings. The van der Waals surface area contributed by atoms with Crippen LogP contribution in [-0.2, 0) is 6.61 Å². The number of aryl methyl sites for hydroxylation is 1. The highest BCUT2D eigenvalue weighted by Crippen LogP contribution is 2.32. The van der Waals surface area contributed by atoms with E-state index in [2.05, 4.69) is 15.5 Å². The molecule has 1 aliphatic rings. The van der Waals surface area contributed by atoms with Crippen LogP contribution in [0.25, 0.3) is 5.69 Å². The Morgan fingerprint density at radius 3 is 2.58 bits per heavy atom. The van der Waals surface area contributed by atoms with Gasteiger partial charge >= 0.3 is 0 Å². The van der Waals surface area contributed by atoms with Crippen LogP contribution in [-0.4, -0.2) is 43.7 Å². The Labute approximate surface area is 211 Å². The average Bonchev–Trinajstić information content (AvgIpc) is 3.21. The number of nitrogens with one attached hydrogen (secondary N) is 1. The first-order valence-electron chi connectivity index (χ1n) is 11.1. The van der Waals surface area contributed by atoms with E-state index in [9.17, 15) is 15.0 Å². The predicted molar refractivity (Wildman–Crippen MR) is 134 cm³/mol. The first-order valence-corrected chi connectivity index (χ1v) is 11.5. The molecular formula is C26H22ClN5O4. The Hall–Kier alpha value is -4.21. The molecule has 1 atom stereocenters. The van der Waals surface area contributed by atoms with Crippen LogP contribution in [0.5, 0.6) is 11.5 Å². The number of hydrogen-bond acceptors (Lipinski definition) is 7. The lowest BCUT2D eigenvalue weighted by atomic mass is 10.00. The number of amides is 1. The maximum absolute atomic E-state index is 13.2. The van der Waals surface area contributed by atoms with E-state index < -0.39 is 12.1 Å². The largest absolute Gasteiger partial charge is 0.508 e. The summed E-state index contributed by atoms with van der Waals surface area (Å²) in [6.45, 7) is 1.48. The van der Waals surface area contributed by atoms with E-state index in [0.29, 0.717) is 33.7 Å². The first-order chi connectivity index (χ1) is 17.4. The number of halogens is 1. The first kappa shape index (κ1) is 23.5. The van der Waals surface area contributed by atoms with Crippen molar-refractivity contribution in [1.29, 1.82) is 0 Å². The number of fused-ring (bicyclic) bond motifs is 3. The van der Waals surface area contributed by atoms with Crippen molar-refractivity contribution >= 4 is 23.2 Å². The van der Waals surface area contributed by atoms with Crippen molar-refractivity contribution in [1.82, 2.24) is 20.1 Å². The van der Waals surface area contributed by atoms with E-state index in [1.165, 1.54) is 18.2 Å². The van der Waals surface area contributed by atoms with Gasteiger partial charge in [0.05, 0.1) is 25.1 Å². The van der Waals surface area contributed by atoms with Gasteiger partial charge in [-0.1, -0.05) is 29.8 Å². The summed E-state index contributed by atoms with van der Waals surface area (Å²) in [6, 6.07) is 17.2. The minimum Gasteiger partial charge on any atom is -0.508 e. The zero-order valence-corrected chi connectivity index (χ0v) is 20.2. The molecule has 3 N–H and O–H groups in total. The lowest BCUT2D eigenvalue weighted by Crippen LogP contribution is -2.29. The van der Waals surface area contributed by atoms with Gasteiger partial charge in [-0.2, -0.15) is 0 Å². The number of carbonyl (C=O) groups is 1. The van der Waals surface area contributed by atoms with Gasteiger partial charge in [-0.3, -0.25) is 14.4 Å². The fraction of sp³-hybridized carbons (Fsp3) is 0.154. The van der Waals surface area contributed by atoms with E-state index in [1.807, 2.05) is 41.8 Å². The second kappa shape index (κ2) is 9.44. The van der Waals surface area contributed by atoms with Gasteiger partial charge in [-0.05, 0) is 49.4 Å². The van der Waals surface area contributed by atoms with Gasteiger partial charge in [0.15, 0.2) is 12.0 Å². The number of rotatable bonds is 5. The summed E-state index contributed by atoms with van der Waals surface area (Å²) in [6.07, 6.45) is -0.901. The van der Waals surface area contributed by atoms with E-state index in [4.69, 9.17) is 21.3 Å². The molecule has 1 aliphatic heterocycles. The summed E-state index contributed by atoms with van der Waals surface area (Å²) in [4.78, 5) is 18.1. The molecule has 36 heavy (non-hydrogen) atoms. The monoisotopic (exact) mass is 503 g/mol. The Morgan fingerprint density at radius 2 is 1.89 bits per heavy atom. The number of aromatic hydroxyl groups is 1. The van der Waals surface area contributed by atoms with E-state index in [-0.39, 0.29) is 17.9 Å². The number of methoxy groups -OCH3 is 1. The number of carbonyl (C=O) groups excluding carboxylic acids is 1. The summed E-state index contributed by atoms with van der Waals surface area (Å²) >= 11 is 6.13. The Bertz CT molecular complexity index is 1500. The number of aliphatic hydroxyl groups is 1. The van der Waals surface area contributed by atoms with Gasteiger partial charge < -0.3 is 20.3 Å². The van der Waals surface area contributed by atoms with Crippen LogP contribution in [0.4, 0.5) is 0 Å². The Kier molecular flexibility index (Phi) is 6.17. The number of aromatic nitrogens is 3. The van der Waals surface area contributed by atoms with Gasteiger partial charge in [0.1, 0.15) is 17.3 Å². The zero-order chi connectivity index (χ0) is 25.4. The van der Waals surface area contributed by atoms with Gasteiger partial charge in [0.2, 0.25) is 0 Å². The van der Waals surface area contributed by atoms with Crippen molar-refractivity contribution in [3.8, 4) is 17.2 Å². The molecule has 5 rings (SSSR count). The highest BCUT2D eigenvalue weighted by molar-refractivity contribution is 6.30. The summed E-state index contributed by atoms with van der Waals surface area (Å²) in [5.74, 6) is 1.04. The van der Waals surface area contributed by atoms with Crippen molar-refractivity contribution in [3.63, 3.8) is 0 Å². The molecule has 0 radical (unpaired) electrons. The predicted octanol–water partition coefficient (Wildman–Crippen LogP) is 3.72. The molecule has 0 saturated heterocycles. The number of benzene rings is 3. The van der Waals surface area contributed by atoms with Crippen LogP contribution in [0.2, 0.25) is 5.02 Å². The van der Waals surface area contributed by atoms with Crippen LogP contribution in [0.15, 0.2) is 65.7 Å². The number of nitrogens with zero attached hydrogens (tertiary/aromatic N) is 4. The normalized spacial score (nSPS) is 14.3. The third-order valence-electron chi connectivity index (χ3n) is 5.96. The standard InChI is InChI=1S/C26H22ClN5O4/c1-14-30-31-25-24(29-26(35)16-3-4-17(13-33)22(34)11-16)28-23(15-5-7-18(27)8-6-15)20-12-19(36-2)9-10-21(20)32(14)25/h3-12,24,33-34H,13H2,1-2H3,(H,29,35)/t24-/m0/s1. The summed E-state index contributed by atoms with van der Waals surface area (Å²) < 4.78 is 7.32. The number of aliphatic imine (C=N–C) groups is 1. The third-order valence-corrected chi connectivity index (χ3v) is 6.21. The molecule has 0 unspecified atom stereocenters. The van der Waals surface area contributed by atoms with Crippen molar-refractivity contribution in [2.45, 2.75) is 19.7 Å². The molecule has 0 saturated carbocycles. The maximum atomic E-state index is 13.2. The van der Waals surface area contributed by atoms with Crippen LogP contribution in [0.1, 0.15) is 44.9 Å². The molecule has 10 heteroatoms. The quantitative estimate of drug-likeness (QED) is 0.381. The number of phenols is 1. The van der Waals surface area contributed by atoms with E-state index in [0.717, 1.165) is 16.8 Å². The molecule has 182 valence electrons. The van der Waals surface area contributed by atoms with Crippen LogP contribution >= 0.6 is 11.6 Å². The fourth-order valence-corrected chi connectivity index (χ4v) is 4.24. The lowest BCUT2D eigenvalue weighted by molar-refractivity contribution is 0.0935. The topological polar surface area (TPSA) is 122 Å². The number of hydrogen-bond donors (Lipinski definition) is 3. The molecule has 0 bridgehead atoms. The second-order valence-electron chi connectivity index (χ2n) is 8.19. The molecule has 0 aliphatic carbocycles. The van der Waals surface area contributed by atoms with Crippen molar-refractivity contribution in [2.24, 2.45) is 4.99 Å². The van der Waals surface area contributed by atoms with Gasteiger partial charge in [0, 0.05) is 27.3 Å². The number of ether oxygens (including phenoxy) is 1. The summed E-state index contributed by atoms with van der Waals surface area (Å²) in [5.41, 5.74) is 3.47. The lowest BCUT2D eigenvalue weighted by Gasteiger charge is -2.15. The fourth-order valence-electron chi connectivity index (χ4n) is 4.12. The molecule has 2 heterocycles. The van der Waals surface area contributed by atoms with Crippen molar-refractivity contribution in [3.05, 3.63) is 99.6 Å². The zero-order valence-electron chi connectivity index (χ0n) is 19.4. The van der Waals surface area contributed by atoms with E-state index in [1.54, 1.807) is 19.2 Å². The molecule has 1 amide bonds. The minimum absolute atomic E-state index is 0.171. The molecule has 9 nitrogen and oxygen atoms in total. The highest BCUT2D eigenvalue weighted by Gasteiger charge is 2.30. The van der Waals surface area contributed by atoms with Crippen molar-refractivity contribution < 1.29 is 19.7 Å². The summed E-state index contributed by atoms with van der Waals surface area (Å²) in [5, 5.41) is 31.5. The molecular weight excluding hydrogens is 482 g/mol. The van der Waals surface area contributed by atoms with Gasteiger partial charge in [-0.15, -0.1) is 10.2 Å². The maximum Gasteiger partial charge on any atom is 0.253 e. The molecule has 0 spiro atoms. The third kappa shape index (κ3) is 4.19. The van der Waals surface area contributed by atoms with Crippen LogP contribution in [0.3, 0.4) is 0 Å².